The predicted molar refractivity (Wildman–Crippen MR) is 101 cm³/mol. The number of methoxy groups -OCH3 is 1. The van der Waals surface area contributed by atoms with Crippen LogP contribution in [-0.4, -0.2) is 28.6 Å². The molecule has 0 unspecified atom stereocenters. The highest BCUT2D eigenvalue weighted by atomic mass is 16.5. The first-order valence-electron chi connectivity index (χ1n) is 8.29. The first kappa shape index (κ1) is 18.2. The van der Waals surface area contributed by atoms with Gasteiger partial charge in [0.2, 0.25) is 5.91 Å². The summed E-state index contributed by atoms with van der Waals surface area (Å²) < 4.78 is 12.2. The van der Waals surface area contributed by atoms with Gasteiger partial charge in [-0.1, -0.05) is 12.1 Å². The van der Waals surface area contributed by atoms with Crippen LogP contribution in [0.3, 0.4) is 0 Å². The number of benzene rings is 1. The second-order valence-electron chi connectivity index (χ2n) is 5.85. The molecule has 0 spiro atoms. The molecule has 7 nitrogen and oxygen atoms in total. The predicted octanol–water partition coefficient (Wildman–Crippen LogP) is 3.39. The molecule has 0 bridgehead atoms. The lowest BCUT2D eigenvalue weighted by Gasteiger charge is -2.00. The van der Waals surface area contributed by atoms with Crippen molar-refractivity contribution in [2.24, 2.45) is 0 Å². The molecule has 2 aromatic heterocycles. The number of nitrogens with zero attached hydrogens (tertiary/aromatic N) is 2. The SMILES string of the molecule is COc1cccc(/C=C/C(=O)Nc2cnn(Cc3ccc(C(C)=O)o3)c2)c1. The average Bonchev–Trinajstić information content (AvgIpc) is 3.30. The van der Waals surface area contributed by atoms with Gasteiger partial charge in [-0.25, -0.2) is 0 Å². The van der Waals surface area contributed by atoms with Crippen molar-refractivity contribution in [2.45, 2.75) is 13.5 Å². The molecule has 138 valence electrons. The Bertz CT molecular complexity index is 985. The summed E-state index contributed by atoms with van der Waals surface area (Å²) in [7, 11) is 1.59. The first-order chi connectivity index (χ1) is 13.0. The van der Waals surface area contributed by atoms with Crippen LogP contribution in [0.4, 0.5) is 5.69 Å². The molecule has 27 heavy (non-hydrogen) atoms. The first-order valence-corrected chi connectivity index (χ1v) is 8.29. The van der Waals surface area contributed by atoms with Crippen molar-refractivity contribution in [1.29, 1.82) is 0 Å². The molecule has 0 saturated carbocycles. The Labute approximate surface area is 156 Å². The summed E-state index contributed by atoms with van der Waals surface area (Å²) >= 11 is 0. The van der Waals surface area contributed by atoms with Crippen molar-refractivity contribution >= 4 is 23.5 Å². The van der Waals surface area contributed by atoms with Crippen LogP contribution in [-0.2, 0) is 11.3 Å². The van der Waals surface area contributed by atoms with E-state index in [0.29, 0.717) is 23.8 Å². The zero-order chi connectivity index (χ0) is 19.2. The quantitative estimate of drug-likeness (QED) is 0.512. The number of aromatic nitrogens is 2. The van der Waals surface area contributed by atoms with Gasteiger partial charge < -0.3 is 14.5 Å². The van der Waals surface area contributed by atoms with Gasteiger partial charge in [-0.2, -0.15) is 5.10 Å². The van der Waals surface area contributed by atoms with Gasteiger partial charge in [0.05, 0.1) is 25.5 Å². The van der Waals surface area contributed by atoms with Crippen LogP contribution < -0.4 is 10.1 Å². The molecule has 1 aromatic carbocycles. The number of ether oxygens (including phenoxy) is 1. The number of nitrogens with one attached hydrogen (secondary N) is 1. The minimum absolute atomic E-state index is 0.127. The molecular weight excluding hydrogens is 346 g/mol. The van der Waals surface area contributed by atoms with Crippen molar-refractivity contribution in [3.05, 3.63) is 72.0 Å². The number of carbonyl (C=O) groups excluding carboxylic acids is 2. The van der Waals surface area contributed by atoms with E-state index in [-0.39, 0.29) is 11.7 Å². The van der Waals surface area contributed by atoms with Crippen LogP contribution in [0, 0.1) is 0 Å². The van der Waals surface area contributed by atoms with E-state index < -0.39 is 0 Å². The summed E-state index contributed by atoms with van der Waals surface area (Å²) in [6, 6.07) is 10.8. The number of hydrogen-bond acceptors (Lipinski definition) is 5. The molecule has 3 rings (SSSR count). The normalized spacial score (nSPS) is 10.9. The maximum absolute atomic E-state index is 12.1. The molecule has 0 saturated heterocycles. The molecule has 2 heterocycles. The van der Waals surface area contributed by atoms with E-state index in [9.17, 15) is 9.59 Å². The van der Waals surface area contributed by atoms with Crippen molar-refractivity contribution in [2.75, 3.05) is 12.4 Å². The van der Waals surface area contributed by atoms with E-state index >= 15 is 0 Å². The van der Waals surface area contributed by atoms with Gasteiger partial charge in [0.25, 0.3) is 0 Å². The number of hydrogen-bond donors (Lipinski definition) is 1. The maximum atomic E-state index is 12.1. The third kappa shape index (κ3) is 4.94. The van der Waals surface area contributed by atoms with Crippen molar-refractivity contribution in [1.82, 2.24) is 9.78 Å². The Morgan fingerprint density at radius 2 is 2.15 bits per heavy atom. The summed E-state index contributed by atoms with van der Waals surface area (Å²) in [4.78, 5) is 23.3. The van der Waals surface area contributed by atoms with Gasteiger partial charge in [0.15, 0.2) is 11.5 Å². The van der Waals surface area contributed by atoms with Gasteiger partial charge >= 0.3 is 0 Å². The van der Waals surface area contributed by atoms with Crippen molar-refractivity contribution < 1.29 is 18.7 Å². The van der Waals surface area contributed by atoms with Crippen LogP contribution in [0.25, 0.3) is 6.08 Å². The van der Waals surface area contributed by atoms with Gasteiger partial charge in [-0.05, 0) is 35.9 Å². The minimum atomic E-state index is -0.269. The van der Waals surface area contributed by atoms with E-state index in [2.05, 4.69) is 10.4 Å². The Morgan fingerprint density at radius 3 is 2.89 bits per heavy atom. The van der Waals surface area contributed by atoms with E-state index in [1.807, 2.05) is 24.3 Å². The summed E-state index contributed by atoms with van der Waals surface area (Å²) in [5.41, 5.74) is 1.42. The molecule has 0 aliphatic heterocycles. The second kappa shape index (κ2) is 8.18. The summed E-state index contributed by atoms with van der Waals surface area (Å²) in [6.07, 6.45) is 6.38. The zero-order valence-corrected chi connectivity index (χ0v) is 15.0. The number of Topliss-reactive ketones (excluding diaryl/α,β-unsaturated/α-hetero) is 1. The second-order valence-corrected chi connectivity index (χ2v) is 5.85. The number of furan rings is 1. The highest BCUT2D eigenvalue weighted by molar-refractivity contribution is 6.01. The highest BCUT2D eigenvalue weighted by Crippen LogP contribution is 2.14. The van der Waals surface area contributed by atoms with Gasteiger partial charge in [0, 0.05) is 19.2 Å². The van der Waals surface area contributed by atoms with E-state index in [1.54, 1.807) is 42.4 Å². The lowest BCUT2D eigenvalue weighted by atomic mass is 10.2. The van der Waals surface area contributed by atoms with E-state index in [0.717, 1.165) is 11.3 Å². The van der Waals surface area contributed by atoms with E-state index in [4.69, 9.17) is 9.15 Å². The largest absolute Gasteiger partial charge is 0.497 e. The standard InChI is InChI=1S/C20H19N3O4/c1-14(24)19-8-7-18(27-19)13-23-12-16(11-21-23)22-20(25)9-6-15-4-3-5-17(10-15)26-2/h3-12H,13H2,1-2H3,(H,22,25)/b9-6+. The molecular formula is C20H19N3O4. The van der Waals surface area contributed by atoms with E-state index in [1.165, 1.54) is 13.0 Å². The molecule has 1 amide bonds. The molecule has 7 heteroatoms. The molecule has 0 aliphatic carbocycles. The third-order valence-electron chi connectivity index (χ3n) is 3.75. The van der Waals surface area contributed by atoms with Crippen LogP contribution in [0.15, 0.2) is 59.3 Å². The fourth-order valence-electron chi connectivity index (χ4n) is 2.43. The summed E-state index contributed by atoms with van der Waals surface area (Å²) in [6.45, 7) is 1.81. The summed E-state index contributed by atoms with van der Waals surface area (Å²) in [5, 5.41) is 6.92. The summed E-state index contributed by atoms with van der Waals surface area (Å²) in [5.74, 6) is 1.25. The lowest BCUT2D eigenvalue weighted by molar-refractivity contribution is -0.111. The molecule has 3 aromatic rings. The number of anilines is 1. The van der Waals surface area contributed by atoms with Gasteiger partial charge in [-0.3, -0.25) is 14.3 Å². The number of ketones is 1. The third-order valence-corrected chi connectivity index (χ3v) is 3.75. The Balaban J connectivity index is 1.58. The number of carbonyl (C=O) groups is 2. The smallest absolute Gasteiger partial charge is 0.248 e. The number of rotatable bonds is 7. The van der Waals surface area contributed by atoms with Crippen molar-refractivity contribution in [3.8, 4) is 5.75 Å². The fourth-order valence-corrected chi connectivity index (χ4v) is 2.43. The fraction of sp³-hybridized carbons (Fsp3) is 0.150. The monoisotopic (exact) mass is 365 g/mol. The van der Waals surface area contributed by atoms with Crippen molar-refractivity contribution in [3.63, 3.8) is 0 Å². The zero-order valence-electron chi connectivity index (χ0n) is 15.0. The lowest BCUT2D eigenvalue weighted by Crippen LogP contribution is -2.07. The van der Waals surface area contributed by atoms with Crippen LogP contribution in [0.2, 0.25) is 0 Å². The average molecular weight is 365 g/mol. The van der Waals surface area contributed by atoms with Gasteiger partial charge in [0.1, 0.15) is 11.5 Å². The molecule has 0 atom stereocenters. The maximum Gasteiger partial charge on any atom is 0.248 e. The molecule has 1 N–H and O–H groups in total. The van der Waals surface area contributed by atoms with Crippen LogP contribution in [0.5, 0.6) is 5.75 Å². The molecule has 0 aliphatic rings. The van der Waals surface area contributed by atoms with Crippen LogP contribution >= 0.6 is 0 Å². The number of amides is 1. The molecule has 0 radical (unpaired) electrons. The highest BCUT2D eigenvalue weighted by Gasteiger charge is 2.08. The Morgan fingerprint density at radius 1 is 1.30 bits per heavy atom. The minimum Gasteiger partial charge on any atom is -0.497 e. The molecule has 0 fully saturated rings. The Kier molecular flexibility index (Phi) is 5.51. The topological polar surface area (TPSA) is 86.4 Å². The Hall–Kier alpha value is -3.61. The van der Waals surface area contributed by atoms with Crippen LogP contribution in [0.1, 0.15) is 28.8 Å². The van der Waals surface area contributed by atoms with Gasteiger partial charge in [-0.15, -0.1) is 0 Å².